The van der Waals surface area contributed by atoms with Gasteiger partial charge in [-0.05, 0) is 44.0 Å². The normalized spacial score (nSPS) is 26.8. The monoisotopic (exact) mass is 379 g/mol. The first-order valence-electron chi connectivity index (χ1n) is 10.0. The van der Waals surface area contributed by atoms with E-state index in [0.717, 1.165) is 43.0 Å². The fourth-order valence-corrected chi connectivity index (χ4v) is 5.18. The van der Waals surface area contributed by atoms with E-state index in [4.69, 9.17) is 0 Å². The van der Waals surface area contributed by atoms with Crippen LogP contribution in [0.25, 0.3) is 0 Å². The number of para-hydroxylation sites is 1. The maximum Gasteiger partial charge on any atom is 0.237 e. The number of nitrogens with zero attached hydrogens (tertiary/aromatic N) is 4. The molecule has 1 spiro atoms. The van der Waals surface area contributed by atoms with E-state index in [2.05, 4.69) is 15.2 Å². The van der Waals surface area contributed by atoms with Crippen molar-refractivity contribution >= 4 is 17.5 Å². The van der Waals surface area contributed by atoms with Crippen molar-refractivity contribution in [2.45, 2.75) is 30.7 Å². The molecular weight excluding hydrogens is 354 g/mol. The molecule has 2 saturated heterocycles. The lowest BCUT2D eigenvalue weighted by molar-refractivity contribution is -0.134. The number of fused-ring (bicyclic) bond motifs is 2. The van der Waals surface area contributed by atoms with Crippen LogP contribution in [0, 0.1) is 0 Å². The van der Waals surface area contributed by atoms with Crippen molar-refractivity contribution < 1.29 is 9.59 Å². The minimum absolute atomic E-state index is 0.0295. The van der Waals surface area contributed by atoms with Gasteiger partial charge in [-0.25, -0.2) is 4.98 Å². The third kappa shape index (κ3) is 2.42. The second-order valence-corrected chi connectivity index (χ2v) is 8.09. The Labute approximate surface area is 164 Å². The van der Waals surface area contributed by atoms with E-state index in [1.807, 2.05) is 47.0 Å². The maximum atomic E-state index is 13.3. The molecule has 2 atom stereocenters. The summed E-state index contributed by atoms with van der Waals surface area (Å²) in [7, 11) is 1.93. The van der Waals surface area contributed by atoms with Crippen molar-refractivity contribution in [3.8, 4) is 0 Å². The topological polar surface area (TPSA) is 70.5 Å². The fourth-order valence-electron chi connectivity index (χ4n) is 5.18. The van der Waals surface area contributed by atoms with Gasteiger partial charge in [0.05, 0.1) is 6.54 Å². The van der Waals surface area contributed by atoms with Crippen molar-refractivity contribution in [3.63, 3.8) is 0 Å². The van der Waals surface area contributed by atoms with Gasteiger partial charge in [0.2, 0.25) is 11.8 Å². The summed E-state index contributed by atoms with van der Waals surface area (Å²) in [4.78, 5) is 35.2. The Balaban J connectivity index is 1.58. The van der Waals surface area contributed by atoms with Crippen LogP contribution in [0.4, 0.5) is 5.69 Å². The number of aromatic nitrogens is 2. The highest BCUT2D eigenvalue weighted by Crippen LogP contribution is 2.54. The highest BCUT2D eigenvalue weighted by atomic mass is 16.2. The smallest absolute Gasteiger partial charge is 0.237 e. The first kappa shape index (κ1) is 17.4. The van der Waals surface area contributed by atoms with E-state index in [-0.39, 0.29) is 11.8 Å². The zero-order valence-electron chi connectivity index (χ0n) is 16.1. The van der Waals surface area contributed by atoms with Gasteiger partial charge in [0, 0.05) is 31.7 Å². The van der Waals surface area contributed by atoms with Crippen LogP contribution < -0.4 is 5.32 Å². The molecule has 1 N–H and O–H groups in total. The molecule has 146 valence electrons. The van der Waals surface area contributed by atoms with Crippen LogP contribution in [-0.4, -0.2) is 57.3 Å². The Morgan fingerprint density at radius 1 is 1.25 bits per heavy atom. The molecule has 4 heterocycles. The Bertz CT molecular complexity index is 932. The molecule has 0 saturated carbocycles. The lowest BCUT2D eigenvalue weighted by atomic mass is 9.74. The largest absolute Gasteiger partial charge is 0.336 e. The van der Waals surface area contributed by atoms with Gasteiger partial charge >= 0.3 is 0 Å². The number of likely N-dealkylation sites (tertiary alicyclic amines) is 2. The van der Waals surface area contributed by atoms with Crippen LogP contribution in [0.5, 0.6) is 0 Å². The van der Waals surface area contributed by atoms with Gasteiger partial charge in [-0.15, -0.1) is 0 Å². The van der Waals surface area contributed by atoms with E-state index >= 15 is 0 Å². The summed E-state index contributed by atoms with van der Waals surface area (Å²) in [5.41, 5.74) is 1.04. The number of amides is 2. The van der Waals surface area contributed by atoms with Gasteiger partial charge in [0.25, 0.3) is 0 Å². The second-order valence-electron chi connectivity index (χ2n) is 8.09. The highest BCUT2D eigenvalue weighted by molar-refractivity contribution is 6.07. The zero-order valence-corrected chi connectivity index (χ0v) is 16.1. The van der Waals surface area contributed by atoms with Crippen LogP contribution in [0.3, 0.4) is 0 Å². The van der Waals surface area contributed by atoms with Crippen molar-refractivity contribution in [2.75, 3.05) is 31.5 Å². The Kier molecular flexibility index (Phi) is 4.01. The van der Waals surface area contributed by atoms with Gasteiger partial charge in [0.15, 0.2) is 0 Å². The number of imidazole rings is 1. The summed E-state index contributed by atoms with van der Waals surface area (Å²) in [6, 6.07) is 7.44. The van der Waals surface area contributed by atoms with Gasteiger partial charge in [-0.2, -0.15) is 0 Å². The van der Waals surface area contributed by atoms with E-state index in [1.54, 1.807) is 6.20 Å². The number of carbonyl (C=O) groups excluding carboxylic acids is 2. The number of nitrogens with one attached hydrogen (secondary N) is 1. The number of hydrogen-bond acceptors (Lipinski definition) is 4. The average molecular weight is 379 g/mol. The number of anilines is 1. The molecule has 1 aromatic carbocycles. The Morgan fingerprint density at radius 3 is 2.79 bits per heavy atom. The lowest BCUT2D eigenvalue weighted by Gasteiger charge is -2.34. The highest BCUT2D eigenvalue weighted by Gasteiger charge is 2.60. The summed E-state index contributed by atoms with van der Waals surface area (Å²) in [5, 5.41) is 3.05. The summed E-state index contributed by atoms with van der Waals surface area (Å²) >= 11 is 0. The molecule has 2 amide bonds. The van der Waals surface area contributed by atoms with Gasteiger partial charge < -0.3 is 14.8 Å². The summed E-state index contributed by atoms with van der Waals surface area (Å²) in [5.74, 6) is 0.821. The average Bonchev–Trinajstić information content (AvgIpc) is 3.45. The molecule has 2 aromatic rings. The standard InChI is InChI=1S/C21H25N5O2/c1-24-13-9-22-19(24)18-21(15-6-2-3-7-16(15)23-20(21)28)8-12-26(18)17(27)14-25-10-4-5-11-25/h2-3,6-7,9,13,18H,4-5,8,10-12,14H2,1H3,(H,23,28)/t18-,21+/m0/s1. The van der Waals surface area contributed by atoms with Crippen LogP contribution in [0.1, 0.15) is 36.7 Å². The Hall–Kier alpha value is -2.67. The van der Waals surface area contributed by atoms with Crippen LogP contribution in [0.15, 0.2) is 36.7 Å². The predicted molar refractivity (Wildman–Crippen MR) is 105 cm³/mol. The number of hydrogen-bond donors (Lipinski definition) is 1. The van der Waals surface area contributed by atoms with Crippen molar-refractivity contribution in [2.24, 2.45) is 7.05 Å². The number of rotatable bonds is 3. The van der Waals surface area contributed by atoms with E-state index in [1.165, 1.54) is 0 Å². The molecule has 2 fully saturated rings. The SMILES string of the molecule is Cn1ccnc1[C@@H]1N(C(=O)CN2CCCC2)CC[C@]12C(=O)Nc1ccccc12. The third-order valence-electron chi connectivity index (χ3n) is 6.57. The molecule has 5 rings (SSSR count). The summed E-state index contributed by atoms with van der Waals surface area (Å²) < 4.78 is 1.93. The minimum Gasteiger partial charge on any atom is -0.336 e. The number of carbonyl (C=O) groups is 2. The van der Waals surface area contributed by atoms with Crippen molar-refractivity contribution in [3.05, 3.63) is 48.0 Å². The van der Waals surface area contributed by atoms with Crippen molar-refractivity contribution in [1.82, 2.24) is 19.4 Å². The first-order valence-corrected chi connectivity index (χ1v) is 10.0. The first-order chi connectivity index (χ1) is 13.6. The molecule has 0 aliphatic carbocycles. The minimum atomic E-state index is -0.781. The predicted octanol–water partition coefficient (Wildman–Crippen LogP) is 1.68. The molecule has 7 heteroatoms. The fraction of sp³-hybridized carbons (Fsp3) is 0.476. The van der Waals surface area contributed by atoms with E-state index in [0.29, 0.717) is 19.5 Å². The van der Waals surface area contributed by atoms with E-state index in [9.17, 15) is 9.59 Å². The molecule has 0 unspecified atom stereocenters. The molecule has 0 bridgehead atoms. The molecule has 0 radical (unpaired) electrons. The Morgan fingerprint density at radius 2 is 2.04 bits per heavy atom. The maximum absolute atomic E-state index is 13.3. The summed E-state index contributed by atoms with van der Waals surface area (Å²) in [6.45, 7) is 2.93. The third-order valence-corrected chi connectivity index (χ3v) is 6.57. The van der Waals surface area contributed by atoms with Gasteiger partial charge in [-0.1, -0.05) is 18.2 Å². The molecule has 7 nitrogen and oxygen atoms in total. The number of benzene rings is 1. The molecule has 1 aromatic heterocycles. The van der Waals surface area contributed by atoms with Gasteiger partial charge in [0.1, 0.15) is 17.3 Å². The second kappa shape index (κ2) is 6.44. The summed E-state index contributed by atoms with van der Waals surface area (Å²) in [6.07, 6.45) is 6.52. The zero-order chi connectivity index (χ0) is 19.3. The molecule has 28 heavy (non-hydrogen) atoms. The number of aryl methyl sites for hydroxylation is 1. The van der Waals surface area contributed by atoms with Crippen LogP contribution in [0.2, 0.25) is 0 Å². The molecular formula is C21H25N5O2. The molecule has 3 aliphatic rings. The van der Waals surface area contributed by atoms with Gasteiger partial charge in [-0.3, -0.25) is 14.5 Å². The molecule has 3 aliphatic heterocycles. The van der Waals surface area contributed by atoms with E-state index < -0.39 is 11.5 Å². The van der Waals surface area contributed by atoms with Crippen LogP contribution >= 0.6 is 0 Å². The quantitative estimate of drug-likeness (QED) is 0.881. The van der Waals surface area contributed by atoms with Crippen molar-refractivity contribution in [1.29, 1.82) is 0 Å². The lowest BCUT2D eigenvalue weighted by Crippen LogP contribution is -2.46. The van der Waals surface area contributed by atoms with Crippen LogP contribution in [-0.2, 0) is 22.1 Å².